The van der Waals surface area contributed by atoms with Crippen LogP contribution in [0.15, 0.2) is 48.6 Å². The van der Waals surface area contributed by atoms with Gasteiger partial charge in [0.05, 0.1) is 25.4 Å². The van der Waals surface area contributed by atoms with Gasteiger partial charge in [0, 0.05) is 12.8 Å². The number of esters is 1. The zero-order valence-electron chi connectivity index (χ0n) is 58.1. The quantitative estimate of drug-likeness (QED) is 0.0320. The number of aliphatic hydroxyl groups excluding tert-OH is 2. The van der Waals surface area contributed by atoms with E-state index in [2.05, 4.69) is 67.8 Å². The molecule has 0 aromatic heterocycles. The van der Waals surface area contributed by atoms with Gasteiger partial charge in [-0.2, -0.15) is 0 Å². The van der Waals surface area contributed by atoms with E-state index in [4.69, 9.17) is 4.74 Å². The van der Waals surface area contributed by atoms with Gasteiger partial charge in [-0.3, -0.25) is 9.59 Å². The number of carbonyl (C=O) groups excluding carboxylic acids is 2. The Labute approximate surface area is 537 Å². The van der Waals surface area contributed by atoms with Crippen molar-refractivity contribution in [3.05, 3.63) is 48.6 Å². The van der Waals surface area contributed by atoms with Gasteiger partial charge >= 0.3 is 5.97 Å². The van der Waals surface area contributed by atoms with Crippen LogP contribution < -0.4 is 5.32 Å². The number of unbranched alkanes of at least 4 members (excludes halogenated alkanes) is 54. The Morgan fingerprint density at radius 2 is 0.581 bits per heavy atom. The number of carbonyl (C=O) groups is 2. The molecule has 6 heteroatoms. The summed E-state index contributed by atoms with van der Waals surface area (Å²) in [6.45, 7) is 4.96. The molecule has 0 aliphatic carbocycles. The molecule has 2 unspecified atom stereocenters. The standard InChI is InChI=1S/C80H151NO5/c1-3-5-7-9-11-13-15-17-18-19-44-47-50-54-58-62-66-70-74-80(85)86-75-71-67-63-59-55-51-48-45-42-40-38-36-34-32-30-28-26-24-22-20-21-23-25-27-29-31-33-35-37-39-41-43-46-49-53-57-61-65-69-73-79(84)81-77(76-82)78(83)72-68-64-60-56-52-16-14-12-10-8-6-4-2/h13,15,18-21,24,26,77-78,82-83H,3-12,14,16-17,22-23,25,27-76H2,1-2H3,(H,81,84)/b15-13-,19-18-,21-20-,26-24-. The van der Waals surface area contributed by atoms with Crippen molar-refractivity contribution in [1.29, 1.82) is 0 Å². The minimum Gasteiger partial charge on any atom is -0.466 e. The lowest BCUT2D eigenvalue weighted by Crippen LogP contribution is -2.45. The van der Waals surface area contributed by atoms with Gasteiger partial charge in [-0.15, -0.1) is 0 Å². The molecule has 0 heterocycles. The third kappa shape index (κ3) is 70.9. The van der Waals surface area contributed by atoms with Crippen molar-refractivity contribution in [2.24, 2.45) is 0 Å². The fraction of sp³-hybridized carbons (Fsp3) is 0.875. The molecule has 506 valence electrons. The van der Waals surface area contributed by atoms with Crippen LogP contribution >= 0.6 is 0 Å². The molecule has 2 atom stereocenters. The van der Waals surface area contributed by atoms with Crippen molar-refractivity contribution in [3.63, 3.8) is 0 Å². The van der Waals surface area contributed by atoms with Gasteiger partial charge in [0.1, 0.15) is 0 Å². The van der Waals surface area contributed by atoms with E-state index in [0.29, 0.717) is 25.9 Å². The fourth-order valence-electron chi connectivity index (χ4n) is 12.2. The van der Waals surface area contributed by atoms with E-state index in [1.165, 1.54) is 334 Å². The number of rotatable bonds is 73. The van der Waals surface area contributed by atoms with Crippen LogP contribution in [0.1, 0.15) is 425 Å². The molecule has 0 radical (unpaired) electrons. The Morgan fingerprint density at radius 1 is 0.326 bits per heavy atom. The topological polar surface area (TPSA) is 95.9 Å². The van der Waals surface area contributed by atoms with E-state index in [-0.39, 0.29) is 18.5 Å². The number of hydrogen-bond acceptors (Lipinski definition) is 5. The zero-order valence-corrected chi connectivity index (χ0v) is 58.1. The molecule has 1 amide bonds. The predicted octanol–water partition coefficient (Wildman–Crippen LogP) is 25.6. The van der Waals surface area contributed by atoms with Crippen LogP contribution in [0, 0.1) is 0 Å². The van der Waals surface area contributed by atoms with Gasteiger partial charge in [0.2, 0.25) is 5.91 Å². The van der Waals surface area contributed by atoms with Crippen molar-refractivity contribution in [2.45, 2.75) is 437 Å². The molecule has 0 aromatic rings. The van der Waals surface area contributed by atoms with Crippen LogP contribution in [-0.4, -0.2) is 47.4 Å². The van der Waals surface area contributed by atoms with Crippen LogP contribution in [0.3, 0.4) is 0 Å². The van der Waals surface area contributed by atoms with E-state index >= 15 is 0 Å². The van der Waals surface area contributed by atoms with Crippen LogP contribution in [0.25, 0.3) is 0 Å². The first kappa shape index (κ1) is 83.8. The van der Waals surface area contributed by atoms with E-state index in [1.807, 2.05) is 0 Å². The SMILES string of the molecule is CCCCCC/C=C\C/C=C\CCCCCCCCCC(=O)OCCCCCCCCCCCCCCCCC/C=C\C/C=C\CCCCCCCCCCCCCCCCCCCC(=O)NC(CO)C(O)CCCCCCCCCCCCCC. The van der Waals surface area contributed by atoms with Gasteiger partial charge in [-0.1, -0.05) is 371 Å². The summed E-state index contributed by atoms with van der Waals surface area (Å²) in [4.78, 5) is 24.6. The molecular formula is C80H151NO5. The molecule has 0 aliphatic rings. The Kier molecular flexibility index (Phi) is 73.4. The molecule has 0 saturated carbocycles. The maximum Gasteiger partial charge on any atom is 0.305 e. The smallest absolute Gasteiger partial charge is 0.305 e. The van der Waals surface area contributed by atoms with Gasteiger partial charge in [0.25, 0.3) is 0 Å². The maximum absolute atomic E-state index is 12.5. The van der Waals surface area contributed by atoms with Gasteiger partial charge in [-0.05, 0) is 89.9 Å². The van der Waals surface area contributed by atoms with Crippen molar-refractivity contribution in [3.8, 4) is 0 Å². The van der Waals surface area contributed by atoms with Crippen LogP contribution in [0.5, 0.6) is 0 Å². The average molecular weight is 1210 g/mol. The van der Waals surface area contributed by atoms with Crippen molar-refractivity contribution in [2.75, 3.05) is 13.2 Å². The molecule has 0 rings (SSSR count). The third-order valence-electron chi connectivity index (χ3n) is 18.1. The Morgan fingerprint density at radius 3 is 0.895 bits per heavy atom. The lowest BCUT2D eigenvalue weighted by Gasteiger charge is -2.22. The molecule has 3 N–H and O–H groups in total. The summed E-state index contributed by atoms with van der Waals surface area (Å²) in [5.74, 6) is -0.0173. The summed E-state index contributed by atoms with van der Waals surface area (Å²) < 4.78 is 5.51. The first-order valence-electron chi connectivity index (χ1n) is 38.9. The Balaban J connectivity index is 3.34. The lowest BCUT2D eigenvalue weighted by molar-refractivity contribution is -0.143. The van der Waals surface area contributed by atoms with Crippen molar-refractivity contribution < 1.29 is 24.5 Å². The highest BCUT2D eigenvalue weighted by Gasteiger charge is 2.20. The Bertz CT molecular complexity index is 1440. The maximum atomic E-state index is 12.5. The monoisotopic (exact) mass is 1210 g/mol. The minimum atomic E-state index is -0.661. The van der Waals surface area contributed by atoms with Crippen LogP contribution in [0.4, 0.5) is 0 Å². The molecule has 6 nitrogen and oxygen atoms in total. The van der Waals surface area contributed by atoms with Crippen molar-refractivity contribution in [1.82, 2.24) is 5.32 Å². The van der Waals surface area contributed by atoms with E-state index in [0.717, 1.165) is 57.8 Å². The minimum absolute atomic E-state index is 0.0133. The summed E-state index contributed by atoms with van der Waals surface area (Å²) in [7, 11) is 0. The summed E-state index contributed by atoms with van der Waals surface area (Å²) in [5, 5.41) is 23.3. The highest BCUT2D eigenvalue weighted by Crippen LogP contribution is 2.19. The van der Waals surface area contributed by atoms with E-state index in [9.17, 15) is 19.8 Å². The first-order valence-corrected chi connectivity index (χ1v) is 38.9. The average Bonchev–Trinajstić information content (AvgIpc) is 3.53. The molecular weight excluding hydrogens is 1050 g/mol. The second kappa shape index (κ2) is 75.3. The van der Waals surface area contributed by atoms with Gasteiger partial charge in [0.15, 0.2) is 0 Å². The van der Waals surface area contributed by atoms with Crippen LogP contribution in [-0.2, 0) is 14.3 Å². The second-order valence-electron chi connectivity index (χ2n) is 26.7. The zero-order chi connectivity index (χ0) is 62.0. The van der Waals surface area contributed by atoms with Gasteiger partial charge in [-0.25, -0.2) is 0 Å². The summed E-state index contributed by atoms with van der Waals surface area (Å²) in [6, 6.07) is -0.538. The van der Waals surface area contributed by atoms with Crippen molar-refractivity contribution >= 4 is 11.9 Å². The van der Waals surface area contributed by atoms with Crippen LogP contribution in [0.2, 0.25) is 0 Å². The number of ether oxygens (including phenoxy) is 1. The largest absolute Gasteiger partial charge is 0.466 e. The molecule has 0 bridgehead atoms. The molecule has 0 aromatic carbocycles. The summed E-state index contributed by atoms with van der Waals surface area (Å²) in [6.07, 6.45) is 99.2. The van der Waals surface area contributed by atoms with E-state index < -0.39 is 12.1 Å². The molecule has 86 heavy (non-hydrogen) atoms. The number of amides is 1. The van der Waals surface area contributed by atoms with E-state index in [1.54, 1.807) is 0 Å². The fourth-order valence-corrected chi connectivity index (χ4v) is 12.2. The predicted molar refractivity (Wildman–Crippen MR) is 379 cm³/mol. The number of hydrogen-bond donors (Lipinski definition) is 3. The highest BCUT2D eigenvalue weighted by molar-refractivity contribution is 5.76. The lowest BCUT2D eigenvalue weighted by atomic mass is 10.0. The summed E-state index contributed by atoms with van der Waals surface area (Å²) in [5.41, 5.74) is 0. The molecule has 0 spiro atoms. The second-order valence-corrected chi connectivity index (χ2v) is 26.7. The number of nitrogens with one attached hydrogen (secondary N) is 1. The summed E-state index contributed by atoms with van der Waals surface area (Å²) >= 11 is 0. The number of allylic oxidation sites excluding steroid dienone is 8. The molecule has 0 aliphatic heterocycles. The Hall–Kier alpha value is -2.18. The van der Waals surface area contributed by atoms with Gasteiger partial charge < -0.3 is 20.3 Å². The molecule has 0 saturated heterocycles. The highest BCUT2D eigenvalue weighted by atomic mass is 16.5. The first-order chi connectivity index (χ1) is 42.5. The molecule has 0 fully saturated rings. The number of aliphatic hydroxyl groups is 2. The normalized spacial score (nSPS) is 12.7. The third-order valence-corrected chi connectivity index (χ3v) is 18.1.